The molecule has 0 aromatic heterocycles. The Kier molecular flexibility index (Phi) is 3.16. The molecule has 2 N–H and O–H groups in total. The highest BCUT2D eigenvalue weighted by molar-refractivity contribution is 5.23. The fraction of sp³-hybridized carbons (Fsp3) is 0.400. The lowest BCUT2D eigenvalue weighted by molar-refractivity contribution is -0.138. The lowest BCUT2D eigenvalue weighted by Crippen LogP contribution is -2.20. The molecule has 1 aromatic carbocycles. The highest BCUT2D eigenvalue weighted by atomic mass is 19.4. The van der Waals surface area contributed by atoms with Crippen LogP contribution in [0, 0.1) is 6.92 Å². The monoisotopic (exact) mass is 203 g/mol. The molecule has 0 fully saturated rings. The van der Waals surface area contributed by atoms with Gasteiger partial charge in [-0.25, -0.2) is 0 Å². The molecule has 0 aliphatic carbocycles. The second kappa shape index (κ2) is 4.00. The molecule has 14 heavy (non-hydrogen) atoms. The van der Waals surface area contributed by atoms with Crippen molar-refractivity contribution in [3.8, 4) is 0 Å². The standard InChI is InChI=1S/C10H12F3N/c1-7-2-4-8(5-3-7)9(14)6-10(11,12)13/h2-5,9H,6,14H2,1H3/t9-/m0/s1. The predicted octanol–water partition coefficient (Wildman–Crippen LogP) is 2.95. The minimum atomic E-state index is -4.20. The van der Waals surface area contributed by atoms with E-state index in [2.05, 4.69) is 0 Å². The molecule has 4 heteroatoms. The molecule has 1 nitrogen and oxygen atoms in total. The van der Waals surface area contributed by atoms with E-state index in [0.717, 1.165) is 5.56 Å². The van der Waals surface area contributed by atoms with Gasteiger partial charge in [0, 0.05) is 6.04 Å². The maximum atomic E-state index is 12.0. The van der Waals surface area contributed by atoms with E-state index in [4.69, 9.17) is 5.73 Å². The van der Waals surface area contributed by atoms with E-state index in [9.17, 15) is 13.2 Å². The van der Waals surface area contributed by atoms with Gasteiger partial charge >= 0.3 is 6.18 Å². The molecule has 1 rings (SSSR count). The largest absolute Gasteiger partial charge is 0.390 e. The van der Waals surface area contributed by atoms with Crippen molar-refractivity contribution >= 4 is 0 Å². The molecule has 0 saturated carbocycles. The van der Waals surface area contributed by atoms with E-state index >= 15 is 0 Å². The number of hydrogen-bond donors (Lipinski definition) is 1. The molecule has 0 saturated heterocycles. The van der Waals surface area contributed by atoms with Crippen LogP contribution in [0.5, 0.6) is 0 Å². The summed E-state index contributed by atoms with van der Waals surface area (Å²) in [7, 11) is 0. The number of benzene rings is 1. The average molecular weight is 203 g/mol. The molecule has 0 bridgehead atoms. The van der Waals surface area contributed by atoms with Crippen molar-refractivity contribution in [1.29, 1.82) is 0 Å². The van der Waals surface area contributed by atoms with Gasteiger partial charge in [0.15, 0.2) is 0 Å². The van der Waals surface area contributed by atoms with Gasteiger partial charge in [0.2, 0.25) is 0 Å². The summed E-state index contributed by atoms with van der Waals surface area (Å²) in [5, 5.41) is 0. The topological polar surface area (TPSA) is 26.0 Å². The van der Waals surface area contributed by atoms with Gasteiger partial charge in [0.25, 0.3) is 0 Å². The summed E-state index contributed by atoms with van der Waals surface area (Å²) in [6, 6.07) is 5.81. The Bertz CT molecular complexity index is 289. The Balaban J connectivity index is 2.70. The second-order valence-electron chi connectivity index (χ2n) is 3.34. The van der Waals surface area contributed by atoms with Crippen LogP contribution in [0.1, 0.15) is 23.6 Å². The molecular weight excluding hydrogens is 191 g/mol. The zero-order valence-corrected chi connectivity index (χ0v) is 7.81. The van der Waals surface area contributed by atoms with Crippen LogP contribution in [-0.2, 0) is 0 Å². The molecule has 0 radical (unpaired) electrons. The maximum absolute atomic E-state index is 12.0. The van der Waals surface area contributed by atoms with E-state index in [-0.39, 0.29) is 0 Å². The Hall–Kier alpha value is -1.03. The van der Waals surface area contributed by atoms with Gasteiger partial charge in [-0.05, 0) is 12.5 Å². The van der Waals surface area contributed by atoms with Crippen molar-refractivity contribution in [3.63, 3.8) is 0 Å². The Morgan fingerprint density at radius 3 is 2.14 bits per heavy atom. The van der Waals surface area contributed by atoms with Crippen LogP contribution in [0.3, 0.4) is 0 Å². The summed E-state index contributed by atoms with van der Waals surface area (Å²) in [5.41, 5.74) is 6.94. The van der Waals surface area contributed by atoms with Crippen molar-refractivity contribution in [3.05, 3.63) is 35.4 Å². The van der Waals surface area contributed by atoms with Crippen molar-refractivity contribution in [2.24, 2.45) is 5.73 Å². The second-order valence-corrected chi connectivity index (χ2v) is 3.34. The van der Waals surface area contributed by atoms with Crippen LogP contribution in [-0.4, -0.2) is 6.18 Å². The average Bonchev–Trinajstić information content (AvgIpc) is 2.02. The SMILES string of the molecule is Cc1ccc([C@@H](N)CC(F)(F)F)cc1. The summed E-state index contributed by atoms with van der Waals surface area (Å²) in [6.07, 6.45) is -5.18. The summed E-state index contributed by atoms with van der Waals surface area (Å²) in [4.78, 5) is 0. The van der Waals surface area contributed by atoms with Crippen LogP contribution in [0.4, 0.5) is 13.2 Å². The van der Waals surface area contributed by atoms with Gasteiger partial charge < -0.3 is 5.73 Å². The Morgan fingerprint density at radius 1 is 1.21 bits per heavy atom. The van der Waals surface area contributed by atoms with E-state index in [1.807, 2.05) is 6.92 Å². The van der Waals surface area contributed by atoms with Crippen molar-refractivity contribution in [2.75, 3.05) is 0 Å². The normalized spacial score (nSPS) is 14.1. The van der Waals surface area contributed by atoms with Gasteiger partial charge in [-0.3, -0.25) is 0 Å². The lowest BCUT2D eigenvalue weighted by atomic mass is 10.0. The number of nitrogens with two attached hydrogens (primary N) is 1. The molecule has 1 aromatic rings. The van der Waals surface area contributed by atoms with E-state index < -0.39 is 18.6 Å². The fourth-order valence-corrected chi connectivity index (χ4v) is 1.18. The summed E-state index contributed by atoms with van der Waals surface area (Å²) >= 11 is 0. The first-order valence-corrected chi connectivity index (χ1v) is 4.27. The maximum Gasteiger partial charge on any atom is 0.390 e. The molecule has 0 spiro atoms. The Morgan fingerprint density at radius 2 is 1.71 bits per heavy atom. The summed E-state index contributed by atoms with van der Waals surface area (Å²) < 4.78 is 36.0. The Labute approximate surface area is 80.7 Å². The number of halogens is 3. The zero-order valence-electron chi connectivity index (χ0n) is 7.81. The quantitative estimate of drug-likeness (QED) is 0.785. The third-order valence-electron chi connectivity index (χ3n) is 1.96. The van der Waals surface area contributed by atoms with Gasteiger partial charge in [-0.2, -0.15) is 13.2 Å². The van der Waals surface area contributed by atoms with E-state index in [1.54, 1.807) is 24.3 Å². The first-order valence-electron chi connectivity index (χ1n) is 4.27. The van der Waals surface area contributed by atoms with Gasteiger partial charge in [-0.15, -0.1) is 0 Å². The number of hydrogen-bond acceptors (Lipinski definition) is 1. The third-order valence-corrected chi connectivity index (χ3v) is 1.96. The molecule has 0 aliphatic heterocycles. The predicted molar refractivity (Wildman–Crippen MR) is 48.8 cm³/mol. The van der Waals surface area contributed by atoms with Crippen LogP contribution in [0.15, 0.2) is 24.3 Å². The molecule has 0 amide bonds. The van der Waals surface area contributed by atoms with E-state index in [1.165, 1.54) is 0 Å². The number of alkyl halides is 3. The zero-order chi connectivity index (χ0) is 10.8. The van der Waals surface area contributed by atoms with Gasteiger partial charge in [0.1, 0.15) is 0 Å². The van der Waals surface area contributed by atoms with Gasteiger partial charge in [0.05, 0.1) is 6.42 Å². The minimum absolute atomic E-state index is 0.521. The number of aryl methyl sites for hydroxylation is 1. The minimum Gasteiger partial charge on any atom is -0.324 e. The molecular formula is C10H12F3N. The van der Waals surface area contributed by atoms with Crippen molar-refractivity contribution in [1.82, 2.24) is 0 Å². The highest BCUT2D eigenvalue weighted by Gasteiger charge is 2.30. The molecule has 0 unspecified atom stereocenters. The fourth-order valence-electron chi connectivity index (χ4n) is 1.18. The molecule has 0 heterocycles. The first kappa shape index (κ1) is 11.0. The first-order chi connectivity index (χ1) is 6.38. The molecule has 78 valence electrons. The molecule has 0 aliphatic rings. The summed E-state index contributed by atoms with van der Waals surface area (Å²) in [6.45, 7) is 1.87. The summed E-state index contributed by atoms with van der Waals surface area (Å²) in [5.74, 6) is 0. The van der Waals surface area contributed by atoms with Crippen LogP contribution in [0.25, 0.3) is 0 Å². The van der Waals surface area contributed by atoms with Crippen LogP contribution >= 0.6 is 0 Å². The van der Waals surface area contributed by atoms with Crippen molar-refractivity contribution in [2.45, 2.75) is 25.6 Å². The van der Waals surface area contributed by atoms with Gasteiger partial charge in [-0.1, -0.05) is 29.8 Å². The smallest absolute Gasteiger partial charge is 0.324 e. The highest BCUT2D eigenvalue weighted by Crippen LogP contribution is 2.27. The van der Waals surface area contributed by atoms with E-state index in [0.29, 0.717) is 5.56 Å². The molecule has 1 atom stereocenters. The van der Waals surface area contributed by atoms with Crippen molar-refractivity contribution < 1.29 is 13.2 Å². The lowest BCUT2D eigenvalue weighted by Gasteiger charge is -2.14. The number of rotatable bonds is 2. The van der Waals surface area contributed by atoms with Crippen LogP contribution < -0.4 is 5.73 Å². The third kappa shape index (κ3) is 3.38. The van der Waals surface area contributed by atoms with Crippen LogP contribution in [0.2, 0.25) is 0 Å².